The van der Waals surface area contributed by atoms with Gasteiger partial charge in [0.25, 0.3) is 0 Å². The van der Waals surface area contributed by atoms with E-state index >= 15 is 0 Å². The van der Waals surface area contributed by atoms with Gasteiger partial charge < -0.3 is 15.2 Å². The Bertz CT molecular complexity index is 264. The predicted octanol–water partition coefficient (Wildman–Crippen LogP) is 1.34. The van der Waals surface area contributed by atoms with Gasteiger partial charge in [-0.25, -0.2) is 0 Å². The molecule has 3 heteroatoms. The standard InChI is InChI=1S/C10H15NO2/c1-12-9-5-3-8(7-11)4-6-10(9)13-2/h3,5-6H,4,7,11H2,1-2H3. The number of ether oxygens (including phenoxy) is 2. The van der Waals surface area contributed by atoms with Crippen LogP contribution >= 0.6 is 0 Å². The van der Waals surface area contributed by atoms with Crippen LogP contribution in [-0.4, -0.2) is 20.8 Å². The van der Waals surface area contributed by atoms with Gasteiger partial charge in [0.1, 0.15) is 0 Å². The summed E-state index contributed by atoms with van der Waals surface area (Å²) in [5, 5.41) is 0. The molecule has 0 saturated heterocycles. The van der Waals surface area contributed by atoms with Gasteiger partial charge in [0, 0.05) is 6.54 Å². The highest BCUT2D eigenvalue weighted by Gasteiger charge is 2.07. The van der Waals surface area contributed by atoms with E-state index in [2.05, 4.69) is 0 Å². The minimum Gasteiger partial charge on any atom is -0.493 e. The van der Waals surface area contributed by atoms with Crippen LogP contribution in [-0.2, 0) is 9.47 Å². The molecular weight excluding hydrogens is 166 g/mol. The summed E-state index contributed by atoms with van der Waals surface area (Å²) in [6, 6.07) is 0. The lowest BCUT2D eigenvalue weighted by Crippen LogP contribution is -2.01. The van der Waals surface area contributed by atoms with Crippen LogP contribution in [0.1, 0.15) is 6.42 Å². The average Bonchev–Trinajstić information content (AvgIpc) is 2.38. The van der Waals surface area contributed by atoms with Crippen LogP contribution in [0.5, 0.6) is 0 Å². The van der Waals surface area contributed by atoms with Gasteiger partial charge in [0.05, 0.1) is 14.2 Å². The fraction of sp³-hybridized carbons (Fsp3) is 0.400. The van der Waals surface area contributed by atoms with Crippen molar-refractivity contribution in [1.29, 1.82) is 0 Å². The summed E-state index contributed by atoms with van der Waals surface area (Å²) in [4.78, 5) is 0. The molecule has 1 rings (SSSR count). The third-order valence-electron chi connectivity index (χ3n) is 1.96. The van der Waals surface area contributed by atoms with Crippen molar-refractivity contribution in [3.05, 3.63) is 35.3 Å². The smallest absolute Gasteiger partial charge is 0.160 e. The monoisotopic (exact) mass is 181 g/mol. The maximum absolute atomic E-state index is 5.54. The molecule has 0 aromatic heterocycles. The number of hydrogen-bond acceptors (Lipinski definition) is 3. The first kappa shape index (κ1) is 9.86. The van der Waals surface area contributed by atoms with E-state index in [1.807, 2.05) is 18.2 Å². The topological polar surface area (TPSA) is 44.5 Å². The fourth-order valence-electron chi connectivity index (χ4n) is 1.17. The van der Waals surface area contributed by atoms with Gasteiger partial charge in [-0.15, -0.1) is 0 Å². The van der Waals surface area contributed by atoms with Crippen molar-refractivity contribution in [3.8, 4) is 0 Å². The molecule has 0 unspecified atom stereocenters. The van der Waals surface area contributed by atoms with Crippen molar-refractivity contribution in [2.24, 2.45) is 5.73 Å². The summed E-state index contributed by atoms with van der Waals surface area (Å²) in [5.41, 5.74) is 6.71. The first-order chi connectivity index (χ1) is 6.31. The van der Waals surface area contributed by atoms with Crippen LogP contribution in [0.4, 0.5) is 0 Å². The van der Waals surface area contributed by atoms with Crippen molar-refractivity contribution in [3.63, 3.8) is 0 Å². The predicted molar refractivity (Wildman–Crippen MR) is 51.9 cm³/mol. The van der Waals surface area contributed by atoms with E-state index in [4.69, 9.17) is 15.2 Å². The molecule has 0 aromatic carbocycles. The Morgan fingerprint density at radius 1 is 1.23 bits per heavy atom. The lowest BCUT2D eigenvalue weighted by atomic mass is 10.2. The van der Waals surface area contributed by atoms with Crippen molar-refractivity contribution < 1.29 is 9.47 Å². The maximum atomic E-state index is 5.54. The Morgan fingerprint density at radius 3 is 2.46 bits per heavy atom. The summed E-state index contributed by atoms with van der Waals surface area (Å²) in [7, 11) is 3.26. The number of nitrogens with two attached hydrogens (primary N) is 1. The van der Waals surface area contributed by atoms with Crippen molar-refractivity contribution >= 4 is 0 Å². The quantitative estimate of drug-likeness (QED) is 0.714. The molecule has 0 atom stereocenters. The van der Waals surface area contributed by atoms with Gasteiger partial charge >= 0.3 is 0 Å². The molecule has 1 aliphatic rings. The van der Waals surface area contributed by atoms with Crippen molar-refractivity contribution in [2.75, 3.05) is 20.8 Å². The SMILES string of the molecule is COC1=CC=C(CN)CC=C1OC. The van der Waals surface area contributed by atoms with Crippen LogP contribution in [0.15, 0.2) is 35.3 Å². The minimum absolute atomic E-state index is 0.570. The number of allylic oxidation sites excluding steroid dienone is 3. The van der Waals surface area contributed by atoms with Crippen LogP contribution < -0.4 is 5.73 Å². The van der Waals surface area contributed by atoms with Gasteiger partial charge in [-0.2, -0.15) is 0 Å². The molecule has 0 bridgehead atoms. The van der Waals surface area contributed by atoms with Gasteiger partial charge in [-0.1, -0.05) is 11.6 Å². The van der Waals surface area contributed by atoms with Gasteiger partial charge in [-0.05, 0) is 18.6 Å². The Hall–Kier alpha value is -1.22. The van der Waals surface area contributed by atoms with Crippen molar-refractivity contribution in [1.82, 2.24) is 0 Å². The van der Waals surface area contributed by atoms with Gasteiger partial charge in [0.2, 0.25) is 0 Å². The largest absolute Gasteiger partial charge is 0.493 e. The Kier molecular flexibility index (Phi) is 3.58. The maximum Gasteiger partial charge on any atom is 0.160 e. The number of hydrogen-bond donors (Lipinski definition) is 1. The Labute approximate surface area is 78.5 Å². The molecule has 72 valence electrons. The molecule has 1 aliphatic carbocycles. The average molecular weight is 181 g/mol. The van der Waals surface area contributed by atoms with E-state index in [0.29, 0.717) is 6.54 Å². The fourth-order valence-corrected chi connectivity index (χ4v) is 1.17. The van der Waals surface area contributed by atoms with Crippen LogP contribution in [0.2, 0.25) is 0 Å². The van der Waals surface area contributed by atoms with E-state index in [1.165, 1.54) is 5.57 Å². The van der Waals surface area contributed by atoms with Crippen LogP contribution in [0.25, 0.3) is 0 Å². The second-order valence-electron chi connectivity index (χ2n) is 2.74. The molecular formula is C10H15NO2. The number of rotatable bonds is 3. The van der Waals surface area contributed by atoms with E-state index in [0.717, 1.165) is 17.9 Å². The number of methoxy groups -OCH3 is 2. The second-order valence-corrected chi connectivity index (χ2v) is 2.74. The van der Waals surface area contributed by atoms with Crippen molar-refractivity contribution in [2.45, 2.75) is 6.42 Å². The van der Waals surface area contributed by atoms with E-state index in [9.17, 15) is 0 Å². The molecule has 2 N–H and O–H groups in total. The molecule has 0 spiro atoms. The minimum atomic E-state index is 0.570. The van der Waals surface area contributed by atoms with Gasteiger partial charge in [-0.3, -0.25) is 0 Å². The molecule has 0 heterocycles. The van der Waals surface area contributed by atoms with E-state index < -0.39 is 0 Å². The highest BCUT2D eigenvalue weighted by molar-refractivity contribution is 5.32. The second kappa shape index (κ2) is 4.72. The van der Waals surface area contributed by atoms with Crippen LogP contribution in [0.3, 0.4) is 0 Å². The Morgan fingerprint density at radius 2 is 1.92 bits per heavy atom. The highest BCUT2D eigenvalue weighted by Crippen LogP contribution is 2.18. The molecule has 3 nitrogen and oxygen atoms in total. The Balaban J connectivity index is 2.87. The van der Waals surface area contributed by atoms with E-state index in [-0.39, 0.29) is 0 Å². The van der Waals surface area contributed by atoms with Gasteiger partial charge in [0.15, 0.2) is 11.5 Å². The molecule has 0 radical (unpaired) electrons. The molecule has 0 fully saturated rings. The molecule has 0 aliphatic heterocycles. The zero-order valence-electron chi connectivity index (χ0n) is 8.04. The third kappa shape index (κ3) is 2.36. The lowest BCUT2D eigenvalue weighted by Gasteiger charge is -2.07. The molecule has 0 saturated carbocycles. The zero-order valence-corrected chi connectivity index (χ0v) is 8.04. The van der Waals surface area contributed by atoms with Crippen LogP contribution in [0, 0.1) is 0 Å². The first-order valence-electron chi connectivity index (χ1n) is 4.20. The summed E-state index contributed by atoms with van der Waals surface area (Å²) in [5.74, 6) is 1.51. The summed E-state index contributed by atoms with van der Waals surface area (Å²) in [6.45, 7) is 0.570. The zero-order chi connectivity index (χ0) is 9.68. The lowest BCUT2D eigenvalue weighted by molar-refractivity contribution is 0.220. The third-order valence-corrected chi connectivity index (χ3v) is 1.96. The summed E-state index contributed by atoms with van der Waals surface area (Å²) < 4.78 is 10.3. The highest BCUT2D eigenvalue weighted by atomic mass is 16.5. The normalized spacial score (nSPS) is 16.7. The first-order valence-corrected chi connectivity index (χ1v) is 4.20. The summed E-state index contributed by atoms with van der Waals surface area (Å²) in [6.07, 6.45) is 6.65. The van der Waals surface area contributed by atoms with E-state index in [1.54, 1.807) is 14.2 Å². The summed E-state index contributed by atoms with van der Waals surface area (Å²) >= 11 is 0. The molecule has 13 heavy (non-hydrogen) atoms. The molecule has 0 aromatic rings. The molecule has 0 amide bonds.